The Hall–Kier alpha value is -2.30. The minimum atomic E-state index is -0.825. The van der Waals surface area contributed by atoms with Crippen molar-refractivity contribution in [2.75, 3.05) is 0 Å². The number of aliphatic imine (C=N–C) groups is 1. The fourth-order valence-corrected chi connectivity index (χ4v) is 1.51. The highest BCUT2D eigenvalue weighted by molar-refractivity contribution is 5.98. The molecule has 0 aliphatic rings. The van der Waals surface area contributed by atoms with Crippen LogP contribution in [0.4, 0.5) is 4.79 Å². The van der Waals surface area contributed by atoms with Crippen LogP contribution >= 0.6 is 0 Å². The van der Waals surface area contributed by atoms with Gasteiger partial charge in [0.25, 0.3) is 0 Å². The molecule has 1 aromatic carbocycles. The van der Waals surface area contributed by atoms with Crippen LogP contribution in [0.5, 0.6) is 5.75 Å². The summed E-state index contributed by atoms with van der Waals surface area (Å²) in [6.45, 7) is 5.94. The summed E-state index contributed by atoms with van der Waals surface area (Å²) in [5.74, 6) is 0.371. The molecule has 0 radical (unpaired) electrons. The molecule has 5 nitrogen and oxygen atoms in total. The van der Waals surface area contributed by atoms with E-state index in [0.29, 0.717) is 12.2 Å². The van der Waals surface area contributed by atoms with E-state index in [2.05, 4.69) is 4.99 Å². The van der Waals surface area contributed by atoms with Crippen LogP contribution < -0.4 is 10.5 Å². The molecule has 1 aromatic rings. The molecule has 20 heavy (non-hydrogen) atoms. The van der Waals surface area contributed by atoms with Gasteiger partial charge in [-0.05, 0) is 17.5 Å². The summed E-state index contributed by atoms with van der Waals surface area (Å²) in [5, 5.41) is 9.71. The molecule has 0 fully saturated rings. The minimum absolute atomic E-state index is 0.0752. The zero-order valence-electron chi connectivity index (χ0n) is 12.0. The summed E-state index contributed by atoms with van der Waals surface area (Å²) in [6.07, 6.45) is 0.877. The van der Waals surface area contributed by atoms with E-state index >= 15 is 0 Å². The Labute approximate surface area is 118 Å². The number of amidine groups is 1. The lowest BCUT2D eigenvalue weighted by atomic mass is 9.91. The van der Waals surface area contributed by atoms with Crippen molar-refractivity contribution in [1.29, 1.82) is 0 Å². The van der Waals surface area contributed by atoms with E-state index in [0.717, 1.165) is 0 Å². The largest absolute Gasteiger partial charge is 0.512 e. The van der Waals surface area contributed by atoms with Gasteiger partial charge in [0.1, 0.15) is 11.6 Å². The number of nitrogens with two attached hydrogens (primary N) is 1. The monoisotopic (exact) mass is 276 g/mol. The van der Waals surface area contributed by atoms with Gasteiger partial charge in [0.05, 0.1) is 5.76 Å². The van der Waals surface area contributed by atoms with Crippen molar-refractivity contribution in [3.05, 3.63) is 42.2 Å². The third kappa shape index (κ3) is 6.58. The summed E-state index contributed by atoms with van der Waals surface area (Å²) in [6, 6.07) is 8.56. The predicted octanol–water partition coefficient (Wildman–Crippen LogP) is 3.42. The van der Waals surface area contributed by atoms with Gasteiger partial charge in [-0.1, -0.05) is 39.0 Å². The van der Waals surface area contributed by atoms with Gasteiger partial charge < -0.3 is 15.6 Å². The number of rotatable bonds is 3. The molecule has 0 aliphatic heterocycles. The van der Waals surface area contributed by atoms with E-state index < -0.39 is 6.09 Å². The van der Waals surface area contributed by atoms with Crippen molar-refractivity contribution in [2.45, 2.75) is 27.2 Å². The van der Waals surface area contributed by atoms with E-state index in [1.54, 1.807) is 24.3 Å². The van der Waals surface area contributed by atoms with Crippen molar-refractivity contribution >= 4 is 11.9 Å². The van der Waals surface area contributed by atoms with Crippen molar-refractivity contribution in [3.8, 4) is 5.75 Å². The molecule has 5 heteroatoms. The molecule has 1 amide bonds. The average Bonchev–Trinajstić information content (AvgIpc) is 2.26. The maximum absolute atomic E-state index is 11.5. The van der Waals surface area contributed by atoms with Crippen LogP contribution in [0, 0.1) is 5.41 Å². The number of aliphatic hydroxyl groups is 1. The van der Waals surface area contributed by atoms with Crippen LogP contribution in [-0.2, 0) is 0 Å². The molecular weight excluding hydrogens is 256 g/mol. The zero-order valence-corrected chi connectivity index (χ0v) is 12.0. The summed E-state index contributed by atoms with van der Waals surface area (Å²) in [4.78, 5) is 15.0. The van der Waals surface area contributed by atoms with Gasteiger partial charge in [0.2, 0.25) is 0 Å². The van der Waals surface area contributed by atoms with Gasteiger partial charge in [0, 0.05) is 12.5 Å². The second-order valence-electron chi connectivity index (χ2n) is 5.59. The maximum atomic E-state index is 11.5. The maximum Gasteiger partial charge on any atom is 0.441 e. The van der Waals surface area contributed by atoms with Crippen LogP contribution in [0.25, 0.3) is 0 Å². The Balaban J connectivity index is 2.64. The van der Waals surface area contributed by atoms with Crippen LogP contribution in [0.2, 0.25) is 0 Å². The summed E-state index contributed by atoms with van der Waals surface area (Å²) in [7, 11) is 0. The fourth-order valence-electron chi connectivity index (χ4n) is 1.51. The lowest BCUT2D eigenvalue weighted by Crippen LogP contribution is -2.15. The standard InChI is InChI=1S/C15H20N2O3/c1-15(2,3)10-11(18)9-13(16)17-14(19)20-12-7-5-4-6-8-12/h4-9,18H,10H2,1-3H3,(H2,16,17,19)/b11-9-. The van der Waals surface area contributed by atoms with Crippen molar-refractivity contribution in [2.24, 2.45) is 16.1 Å². The molecule has 0 aromatic heterocycles. The number of amides is 1. The summed E-state index contributed by atoms with van der Waals surface area (Å²) >= 11 is 0. The lowest BCUT2D eigenvalue weighted by molar-refractivity contribution is 0.211. The van der Waals surface area contributed by atoms with Gasteiger partial charge in [-0.15, -0.1) is 0 Å². The van der Waals surface area contributed by atoms with Crippen LogP contribution in [0.1, 0.15) is 27.2 Å². The van der Waals surface area contributed by atoms with E-state index in [1.165, 1.54) is 6.08 Å². The van der Waals surface area contributed by atoms with Crippen LogP contribution in [0.3, 0.4) is 0 Å². The Morgan fingerprint density at radius 3 is 2.50 bits per heavy atom. The summed E-state index contributed by atoms with van der Waals surface area (Å²) in [5.41, 5.74) is 5.48. The summed E-state index contributed by atoms with van der Waals surface area (Å²) < 4.78 is 4.95. The van der Waals surface area contributed by atoms with Crippen LogP contribution in [-0.4, -0.2) is 17.0 Å². The Morgan fingerprint density at radius 1 is 1.35 bits per heavy atom. The first-order valence-electron chi connectivity index (χ1n) is 6.27. The number of hydrogen-bond acceptors (Lipinski definition) is 3. The number of aliphatic hydroxyl groups excluding tert-OH is 1. The topological polar surface area (TPSA) is 84.9 Å². The highest BCUT2D eigenvalue weighted by Crippen LogP contribution is 2.22. The molecule has 1 rings (SSSR count). The number of para-hydroxylation sites is 1. The second-order valence-corrected chi connectivity index (χ2v) is 5.59. The highest BCUT2D eigenvalue weighted by atomic mass is 16.5. The molecule has 0 saturated carbocycles. The number of hydrogen-bond donors (Lipinski definition) is 2. The molecular formula is C15H20N2O3. The quantitative estimate of drug-likeness (QED) is 0.503. The molecule has 0 heterocycles. The Kier molecular flexibility index (Phi) is 5.32. The first kappa shape index (κ1) is 15.8. The van der Waals surface area contributed by atoms with Gasteiger partial charge in [-0.2, -0.15) is 4.99 Å². The molecule has 0 unspecified atom stereocenters. The molecule has 0 spiro atoms. The fraction of sp³-hybridized carbons (Fsp3) is 0.333. The number of benzene rings is 1. The van der Waals surface area contributed by atoms with Crippen molar-refractivity contribution < 1.29 is 14.6 Å². The van der Waals surface area contributed by atoms with E-state index in [-0.39, 0.29) is 17.0 Å². The smallest absolute Gasteiger partial charge is 0.441 e. The predicted molar refractivity (Wildman–Crippen MR) is 78.9 cm³/mol. The van der Waals surface area contributed by atoms with Crippen LogP contribution in [0.15, 0.2) is 47.2 Å². The van der Waals surface area contributed by atoms with Gasteiger partial charge in [0.15, 0.2) is 0 Å². The highest BCUT2D eigenvalue weighted by Gasteiger charge is 2.13. The number of carbonyl (C=O) groups excluding carboxylic acids is 1. The molecule has 0 aliphatic carbocycles. The Bertz CT molecular complexity index is 514. The van der Waals surface area contributed by atoms with Crippen molar-refractivity contribution in [3.63, 3.8) is 0 Å². The molecule has 0 saturated heterocycles. The molecule has 3 N–H and O–H groups in total. The average molecular weight is 276 g/mol. The third-order valence-electron chi connectivity index (χ3n) is 2.19. The molecule has 0 bridgehead atoms. The van der Waals surface area contributed by atoms with Gasteiger partial charge in [-0.25, -0.2) is 4.79 Å². The SMILES string of the molecule is CC(C)(C)C/C(O)=C/C(N)=N\C(=O)Oc1ccccc1. The number of nitrogens with zero attached hydrogens (tertiary/aromatic N) is 1. The Morgan fingerprint density at radius 2 is 1.95 bits per heavy atom. The molecule has 108 valence electrons. The normalized spacial score (nSPS) is 13.2. The third-order valence-corrected chi connectivity index (χ3v) is 2.19. The van der Waals surface area contributed by atoms with E-state index in [9.17, 15) is 9.90 Å². The number of carbonyl (C=O) groups is 1. The van der Waals surface area contributed by atoms with E-state index in [4.69, 9.17) is 10.5 Å². The zero-order chi connectivity index (χ0) is 15.2. The van der Waals surface area contributed by atoms with Gasteiger partial charge in [-0.3, -0.25) is 0 Å². The molecule has 0 atom stereocenters. The first-order valence-corrected chi connectivity index (χ1v) is 6.27. The van der Waals surface area contributed by atoms with E-state index in [1.807, 2.05) is 26.8 Å². The number of ether oxygens (including phenoxy) is 1. The first-order chi connectivity index (χ1) is 9.26. The minimum Gasteiger partial charge on any atom is -0.512 e. The lowest BCUT2D eigenvalue weighted by Gasteiger charge is -2.16. The van der Waals surface area contributed by atoms with Gasteiger partial charge >= 0.3 is 6.09 Å². The second kappa shape index (κ2) is 6.75. The van der Waals surface area contributed by atoms with Crippen molar-refractivity contribution in [1.82, 2.24) is 0 Å². The number of allylic oxidation sites excluding steroid dienone is 1.